The van der Waals surface area contributed by atoms with E-state index >= 15 is 0 Å². The van der Waals surface area contributed by atoms with Crippen LogP contribution in [0.3, 0.4) is 0 Å². The van der Waals surface area contributed by atoms with Gasteiger partial charge in [-0.25, -0.2) is 4.57 Å². The van der Waals surface area contributed by atoms with Gasteiger partial charge in [0.1, 0.15) is 43.2 Å². The number of carbonyl (C=O) groups is 2. The molecule has 13 nitrogen and oxygen atoms in total. The molecule has 0 aromatic rings. The Hall–Kier alpha value is -1.93. The predicted molar refractivity (Wildman–Crippen MR) is 230 cm³/mol. The van der Waals surface area contributed by atoms with Crippen LogP contribution in [0.25, 0.3) is 0 Å². The molecule has 0 saturated heterocycles. The molecule has 0 radical (unpaired) electrons. The first-order chi connectivity index (χ1) is 28.4. The number of esters is 2. The molecule has 0 aromatic heterocycles. The highest BCUT2D eigenvalue weighted by Crippen LogP contribution is 2.47. The smallest absolute Gasteiger partial charge is 0.462 e. The zero-order valence-electron chi connectivity index (χ0n) is 36.3. The average Bonchev–Trinajstić information content (AvgIpc) is 3.21. The van der Waals surface area contributed by atoms with Gasteiger partial charge in [0.25, 0.3) is 0 Å². The molecule has 8 atom stereocenters. The summed E-state index contributed by atoms with van der Waals surface area (Å²) in [6.45, 7) is 3.25. The topological polar surface area (TPSA) is 210 Å². The van der Waals surface area contributed by atoms with Gasteiger partial charge in [0.2, 0.25) is 0 Å². The van der Waals surface area contributed by atoms with Gasteiger partial charge >= 0.3 is 19.8 Å². The molecule has 1 aliphatic carbocycles. The van der Waals surface area contributed by atoms with Crippen molar-refractivity contribution in [2.24, 2.45) is 0 Å². The average molecular weight is 861 g/mol. The van der Waals surface area contributed by atoms with E-state index in [-0.39, 0.29) is 12.8 Å². The van der Waals surface area contributed by atoms with Crippen LogP contribution in [0.2, 0.25) is 0 Å². The van der Waals surface area contributed by atoms with Crippen LogP contribution in [0.1, 0.15) is 181 Å². The summed E-state index contributed by atoms with van der Waals surface area (Å²) in [6, 6.07) is 0. The summed E-state index contributed by atoms with van der Waals surface area (Å²) in [5.74, 6) is -1.15. The molecule has 1 saturated carbocycles. The molecule has 0 bridgehead atoms. The molecule has 6 unspecified atom stereocenters. The summed E-state index contributed by atoms with van der Waals surface area (Å²) in [5, 5.41) is 50.1. The van der Waals surface area contributed by atoms with E-state index in [1.165, 1.54) is 77.0 Å². The van der Waals surface area contributed by atoms with Gasteiger partial charge in [0.05, 0.1) is 6.61 Å². The minimum absolute atomic E-state index is 0.0528. The number of rotatable bonds is 37. The molecule has 0 heterocycles. The first kappa shape index (κ1) is 55.1. The quantitative estimate of drug-likeness (QED) is 0.0150. The number of unbranched alkanes of at least 4 members (excludes halogenated alkanes) is 19. The first-order valence-electron chi connectivity index (χ1n) is 22.8. The van der Waals surface area contributed by atoms with Gasteiger partial charge in [-0.05, 0) is 70.6 Å². The number of aliphatic hydroxyl groups excluding tert-OH is 5. The highest BCUT2D eigenvalue weighted by molar-refractivity contribution is 7.47. The third kappa shape index (κ3) is 28.3. The summed E-state index contributed by atoms with van der Waals surface area (Å²) < 4.78 is 33.4. The van der Waals surface area contributed by atoms with Gasteiger partial charge < -0.3 is 39.9 Å². The molecular weight excluding hydrogens is 779 g/mol. The molecule has 0 spiro atoms. The Labute approximate surface area is 355 Å². The van der Waals surface area contributed by atoms with E-state index in [4.69, 9.17) is 18.5 Å². The third-order valence-corrected chi connectivity index (χ3v) is 11.4. The SMILES string of the molecule is CCCCCCCC/C=C/C/C=C/CCCCC(=O)O[C@H](COC(=O)CCCCCCC/C=C/CCCCCCCC)COP(=O)(O)OC1C(O)C(O)C(O)[C@@H](O)C1O. The molecule has 344 valence electrons. The Morgan fingerprint density at radius 2 is 0.915 bits per heavy atom. The van der Waals surface area contributed by atoms with Crippen molar-refractivity contribution in [3.63, 3.8) is 0 Å². The maximum Gasteiger partial charge on any atom is 0.472 e. The maximum absolute atomic E-state index is 12.8. The van der Waals surface area contributed by atoms with E-state index in [0.717, 1.165) is 64.2 Å². The van der Waals surface area contributed by atoms with Crippen LogP contribution in [-0.4, -0.2) is 98.3 Å². The fraction of sp³-hybridized carbons (Fsp3) is 0.822. The highest BCUT2D eigenvalue weighted by Gasteiger charge is 2.51. The Kier molecular flexibility index (Phi) is 33.3. The van der Waals surface area contributed by atoms with Crippen LogP contribution in [0.5, 0.6) is 0 Å². The maximum atomic E-state index is 12.8. The monoisotopic (exact) mass is 861 g/mol. The molecule has 1 aliphatic rings. The lowest BCUT2D eigenvalue weighted by Gasteiger charge is -2.41. The van der Waals surface area contributed by atoms with Crippen molar-refractivity contribution >= 4 is 19.8 Å². The standard InChI is InChI=1S/C45H81O13P/c1-3-5-7-9-11-13-15-17-19-21-23-25-27-29-31-33-38(46)55-35-37(36-56-59(53,54)58-45-43(51)41(49)40(48)42(50)44(45)52)57-39(47)34-32-30-28-26-24-22-20-18-16-14-12-10-8-6-4-2/h17-20,24,26,37,40-45,48-52H,3-16,21-23,25,27-36H2,1-2H3,(H,53,54)/b19-17+,20-18+,26-24+/t37-,40?,41-,42?,43?,44?,45?/m1/s1. The number of ether oxygens (including phenoxy) is 2. The fourth-order valence-corrected chi connectivity index (χ4v) is 7.70. The van der Waals surface area contributed by atoms with Crippen LogP contribution >= 0.6 is 7.82 Å². The van der Waals surface area contributed by atoms with Crippen LogP contribution in [0, 0.1) is 0 Å². The molecule has 14 heteroatoms. The van der Waals surface area contributed by atoms with E-state index in [9.17, 15) is 44.6 Å². The number of carbonyl (C=O) groups excluding carboxylic acids is 2. The number of aliphatic hydroxyl groups is 5. The van der Waals surface area contributed by atoms with Gasteiger partial charge in [0, 0.05) is 12.8 Å². The lowest BCUT2D eigenvalue weighted by Crippen LogP contribution is -2.64. The molecule has 1 fully saturated rings. The second-order valence-electron chi connectivity index (χ2n) is 15.9. The van der Waals surface area contributed by atoms with Crippen molar-refractivity contribution in [3.05, 3.63) is 36.5 Å². The largest absolute Gasteiger partial charge is 0.472 e. The van der Waals surface area contributed by atoms with E-state index in [2.05, 4.69) is 50.3 Å². The summed E-state index contributed by atoms with van der Waals surface area (Å²) in [6.07, 6.45) is 26.3. The van der Waals surface area contributed by atoms with Gasteiger partial charge in [-0.2, -0.15) is 0 Å². The van der Waals surface area contributed by atoms with Gasteiger partial charge in [-0.1, -0.05) is 134 Å². The third-order valence-electron chi connectivity index (χ3n) is 10.5. The number of phosphoric acid groups is 1. The Morgan fingerprint density at radius 1 is 0.525 bits per heavy atom. The van der Waals surface area contributed by atoms with Gasteiger partial charge in [-0.15, -0.1) is 0 Å². The van der Waals surface area contributed by atoms with Crippen molar-refractivity contribution < 1.29 is 63.1 Å². The van der Waals surface area contributed by atoms with Crippen LogP contribution in [0.15, 0.2) is 36.5 Å². The van der Waals surface area contributed by atoms with E-state index in [0.29, 0.717) is 12.8 Å². The lowest BCUT2D eigenvalue weighted by molar-refractivity contribution is -0.220. The van der Waals surface area contributed by atoms with Crippen LogP contribution in [-0.2, 0) is 32.7 Å². The van der Waals surface area contributed by atoms with Crippen molar-refractivity contribution in [2.75, 3.05) is 13.2 Å². The summed E-state index contributed by atoms with van der Waals surface area (Å²) in [5.41, 5.74) is 0. The second-order valence-corrected chi connectivity index (χ2v) is 17.3. The molecule has 6 N–H and O–H groups in total. The number of allylic oxidation sites excluding steroid dienone is 6. The fourth-order valence-electron chi connectivity index (χ4n) is 6.72. The van der Waals surface area contributed by atoms with Crippen molar-refractivity contribution in [3.8, 4) is 0 Å². The second kappa shape index (κ2) is 35.6. The molecule has 59 heavy (non-hydrogen) atoms. The lowest BCUT2D eigenvalue weighted by atomic mass is 9.85. The van der Waals surface area contributed by atoms with Crippen molar-refractivity contribution in [2.45, 2.75) is 224 Å². The molecule has 0 aromatic carbocycles. The number of phosphoric ester groups is 1. The van der Waals surface area contributed by atoms with E-state index < -0.39 is 75.7 Å². The number of hydrogen-bond acceptors (Lipinski definition) is 12. The first-order valence-corrected chi connectivity index (χ1v) is 24.3. The van der Waals surface area contributed by atoms with E-state index in [1.54, 1.807) is 0 Å². The normalized spacial score (nSPS) is 22.6. The molecular formula is C45H81O13P. The van der Waals surface area contributed by atoms with Gasteiger partial charge in [-0.3, -0.25) is 18.6 Å². The minimum atomic E-state index is -5.13. The zero-order valence-corrected chi connectivity index (χ0v) is 37.2. The predicted octanol–water partition coefficient (Wildman–Crippen LogP) is 8.61. The molecule has 0 aliphatic heterocycles. The Bertz CT molecular complexity index is 1180. The summed E-state index contributed by atoms with van der Waals surface area (Å²) in [4.78, 5) is 35.6. The molecule has 1 rings (SSSR count). The van der Waals surface area contributed by atoms with Crippen LogP contribution < -0.4 is 0 Å². The van der Waals surface area contributed by atoms with Crippen LogP contribution in [0.4, 0.5) is 0 Å². The zero-order chi connectivity index (χ0) is 43.6. The van der Waals surface area contributed by atoms with Crippen molar-refractivity contribution in [1.82, 2.24) is 0 Å². The number of hydrogen-bond donors (Lipinski definition) is 6. The highest BCUT2D eigenvalue weighted by atomic mass is 31.2. The summed E-state index contributed by atoms with van der Waals surface area (Å²) >= 11 is 0. The minimum Gasteiger partial charge on any atom is -0.462 e. The summed E-state index contributed by atoms with van der Waals surface area (Å²) in [7, 11) is -5.13. The molecule has 0 amide bonds. The Morgan fingerprint density at radius 3 is 1.42 bits per heavy atom. The Balaban J connectivity index is 2.50. The van der Waals surface area contributed by atoms with E-state index in [1.807, 2.05) is 0 Å². The van der Waals surface area contributed by atoms with Crippen molar-refractivity contribution in [1.29, 1.82) is 0 Å². The van der Waals surface area contributed by atoms with Gasteiger partial charge in [0.15, 0.2) is 6.10 Å².